The van der Waals surface area contributed by atoms with Crippen LogP contribution in [-0.2, 0) is 9.53 Å². The van der Waals surface area contributed by atoms with E-state index in [0.717, 1.165) is 71.5 Å². The van der Waals surface area contributed by atoms with Crippen LogP contribution in [0.2, 0.25) is 0 Å². The third-order valence-electron chi connectivity index (χ3n) is 8.00. The van der Waals surface area contributed by atoms with Gasteiger partial charge in [0.05, 0.1) is 24.0 Å². The second-order valence-electron chi connectivity index (χ2n) is 11.3. The van der Waals surface area contributed by atoms with E-state index in [1.165, 1.54) is 5.57 Å². The molecule has 42 heavy (non-hydrogen) atoms. The number of carbonyl (C=O) groups is 2. The Labute approximate surface area is 244 Å². The minimum atomic E-state index is -0.859. The van der Waals surface area contributed by atoms with Crippen LogP contribution < -0.4 is 5.32 Å². The lowest BCUT2D eigenvalue weighted by Gasteiger charge is -2.28. The van der Waals surface area contributed by atoms with E-state index in [0.29, 0.717) is 12.1 Å². The molecule has 3 heterocycles. The first-order chi connectivity index (χ1) is 20.4. The van der Waals surface area contributed by atoms with Crippen LogP contribution in [0.1, 0.15) is 75.1 Å². The van der Waals surface area contributed by atoms with Gasteiger partial charge in [0.25, 0.3) is 5.91 Å². The Balaban J connectivity index is 1.23. The first-order valence-electron chi connectivity index (χ1n) is 14.6. The second kappa shape index (κ2) is 11.7. The van der Waals surface area contributed by atoms with Crippen molar-refractivity contribution in [3.05, 3.63) is 84.0 Å². The lowest BCUT2D eigenvalue weighted by atomic mass is 9.96. The van der Waals surface area contributed by atoms with Gasteiger partial charge in [-0.3, -0.25) is 4.79 Å². The van der Waals surface area contributed by atoms with Crippen molar-refractivity contribution < 1.29 is 14.3 Å². The Morgan fingerprint density at radius 1 is 1.07 bits per heavy atom. The van der Waals surface area contributed by atoms with Crippen molar-refractivity contribution in [2.24, 2.45) is 0 Å². The minimum Gasteiger partial charge on any atom is -0.447 e. The summed E-state index contributed by atoms with van der Waals surface area (Å²) in [6.07, 6.45) is 7.11. The molecule has 6 rings (SSSR count). The Morgan fingerprint density at radius 2 is 1.90 bits per heavy atom. The molecule has 0 saturated carbocycles. The molecule has 9 heteroatoms. The van der Waals surface area contributed by atoms with Gasteiger partial charge in [-0.1, -0.05) is 42.5 Å². The maximum atomic E-state index is 13.9. The Hall–Kier alpha value is -4.66. The maximum Gasteiger partial charge on any atom is 0.408 e. The molecule has 0 spiro atoms. The summed E-state index contributed by atoms with van der Waals surface area (Å²) in [6, 6.07) is 16.7. The lowest BCUT2D eigenvalue weighted by Crippen LogP contribution is -2.43. The highest BCUT2D eigenvalue weighted by Crippen LogP contribution is 2.35. The second-order valence-corrected chi connectivity index (χ2v) is 11.3. The molecule has 2 aromatic heterocycles. The monoisotopic (exact) mass is 564 g/mol. The summed E-state index contributed by atoms with van der Waals surface area (Å²) in [5.74, 6) is 0.549. The fraction of sp³-hybridized carbons (Fsp3) is 0.333. The number of fused-ring (bicyclic) bond motifs is 1. The van der Waals surface area contributed by atoms with Gasteiger partial charge < -0.3 is 30.3 Å². The SMILES string of the molecule is CC(C)OC(=O)NC(C(=O)N1CCCC1c1ncc(-c2ccc3[nH]c(C4=CCC(=N)CC4)cc3c2)[nH]1)c1ccccc1. The van der Waals surface area contributed by atoms with Gasteiger partial charge in [0.2, 0.25) is 0 Å². The molecule has 2 unspecified atom stereocenters. The van der Waals surface area contributed by atoms with Crippen molar-refractivity contribution >= 4 is 34.2 Å². The summed E-state index contributed by atoms with van der Waals surface area (Å²) in [4.78, 5) is 40.0. The first kappa shape index (κ1) is 27.5. The number of nitrogens with zero attached hydrogens (tertiary/aromatic N) is 2. The zero-order valence-electron chi connectivity index (χ0n) is 23.9. The highest BCUT2D eigenvalue weighted by atomic mass is 16.6. The number of carbonyl (C=O) groups excluding carboxylic acids is 2. The minimum absolute atomic E-state index is 0.184. The predicted molar refractivity (Wildman–Crippen MR) is 163 cm³/mol. The summed E-state index contributed by atoms with van der Waals surface area (Å²) < 4.78 is 5.30. The molecule has 2 amide bonds. The van der Waals surface area contributed by atoms with Gasteiger partial charge in [-0.05, 0) is 68.9 Å². The van der Waals surface area contributed by atoms with E-state index >= 15 is 0 Å². The van der Waals surface area contributed by atoms with Crippen molar-refractivity contribution in [2.75, 3.05) is 6.54 Å². The van der Waals surface area contributed by atoms with Crippen LogP contribution in [0.3, 0.4) is 0 Å². The van der Waals surface area contributed by atoms with Crippen molar-refractivity contribution in [1.29, 1.82) is 5.41 Å². The molecule has 1 aliphatic carbocycles. The van der Waals surface area contributed by atoms with E-state index in [1.807, 2.05) is 41.4 Å². The van der Waals surface area contributed by atoms with Crippen molar-refractivity contribution in [1.82, 2.24) is 25.2 Å². The normalized spacial score (nSPS) is 17.9. The van der Waals surface area contributed by atoms with Gasteiger partial charge in [-0.25, -0.2) is 9.78 Å². The summed E-state index contributed by atoms with van der Waals surface area (Å²) >= 11 is 0. The topological polar surface area (TPSA) is 127 Å². The fourth-order valence-corrected chi connectivity index (χ4v) is 5.89. The number of rotatable bonds is 7. The number of hydrogen-bond acceptors (Lipinski definition) is 5. The average molecular weight is 565 g/mol. The molecule has 216 valence electrons. The number of benzene rings is 2. The van der Waals surface area contributed by atoms with E-state index in [4.69, 9.17) is 15.1 Å². The summed E-state index contributed by atoms with van der Waals surface area (Å²) in [7, 11) is 0. The van der Waals surface area contributed by atoms with Crippen LogP contribution in [0.5, 0.6) is 0 Å². The highest BCUT2D eigenvalue weighted by Gasteiger charge is 2.37. The van der Waals surface area contributed by atoms with Crippen LogP contribution in [0, 0.1) is 5.41 Å². The maximum absolute atomic E-state index is 13.9. The van der Waals surface area contributed by atoms with Crippen LogP contribution in [0.15, 0.2) is 66.9 Å². The van der Waals surface area contributed by atoms with E-state index in [1.54, 1.807) is 13.8 Å². The molecule has 0 bridgehead atoms. The van der Waals surface area contributed by atoms with Gasteiger partial charge in [-0.15, -0.1) is 0 Å². The average Bonchev–Trinajstić information content (AvgIpc) is 3.75. The lowest BCUT2D eigenvalue weighted by molar-refractivity contribution is -0.134. The zero-order chi connectivity index (χ0) is 29.2. The molecule has 2 aliphatic rings. The number of alkyl carbamates (subject to hydrolysis) is 1. The van der Waals surface area contributed by atoms with Crippen LogP contribution in [0.4, 0.5) is 4.79 Å². The van der Waals surface area contributed by atoms with Gasteiger partial charge in [-0.2, -0.15) is 0 Å². The summed E-state index contributed by atoms with van der Waals surface area (Å²) in [5, 5.41) is 11.8. The van der Waals surface area contributed by atoms with Gasteiger partial charge in [0, 0.05) is 40.8 Å². The third-order valence-corrected chi connectivity index (χ3v) is 8.00. The molecule has 1 saturated heterocycles. The molecule has 2 atom stereocenters. The molecule has 1 fully saturated rings. The third kappa shape index (κ3) is 5.72. The molecule has 1 aliphatic heterocycles. The van der Waals surface area contributed by atoms with E-state index in [9.17, 15) is 9.59 Å². The van der Waals surface area contributed by atoms with Crippen molar-refractivity contribution in [3.8, 4) is 11.3 Å². The van der Waals surface area contributed by atoms with Gasteiger partial charge in [0.1, 0.15) is 11.9 Å². The molecule has 4 aromatic rings. The number of nitrogens with one attached hydrogen (secondary N) is 4. The number of ether oxygens (including phenoxy) is 1. The Bertz CT molecular complexity index is 1650. The standard InChI is InChI=1S/C33H36N6O3/c1-20(2)42-33(41)38-30(22-7-4-3-5-8-22)32(40)39-16-6-9-29(39)31-35-19-28(37-31)23-12-15-26-24(17-23)18-27(36-26)21-10-13-25(34)14-11-21/h3-5,7-8,10,12,15,17-20,29-30,34,36H,6,9,11,13-14,16H2,1-2H3,(H,35,37)(H,38,41). The largest absolute Gasteiger partial charge is 0.447 e. The number of aromatic nitrogens is 3. The van der Waals surface area contributed by atoms with Crippen molar-refractivity contribution in [2.45, 2.75) is 64.1 Å². The molecule has 4 N–H and O–H groups in total. The van der Waals surface area contributed by atoms with Crippen LogP contribution >= 0.6 is 0 Å². The quantitative estimate of drug-likeness (QED) is 0.200. The number of amides is 2. The van der Waals surface area contributed by atoms with Gasteiger partial charge >= 0.3 is 6.09 Å². The summed E-state index contributed by atoms with van der Waals surface area (Å²) in [5.41, 5.74) is 6.83. The fourth-order valence-electron chi connectivity index (χ4n) is 5.89. The smallest absolute Gasteiger partial charge is 0.408 e. The number of likely N-dealkylation sites (tertiary alicyclic amines) is 1. The number of imidazole rings is 1. The zero-order valence-corrected chi connectivity index (χ0v) is 23.9. The molecule has 2 aromatic carbocycles. The van der Waals surface area contributed by atoms with Crippen LogP contribution in [-0.4, -0.2) is 50.2 Å². The molecular formula is C33H36N6O3. The first-order valence-corrected chi connectivity index (χ1v) is 14.6. The number of allylic oxidation sites excluding steroid dienone is 2. The summed E-state index contributed by atoms with van der Waals surface area (Å²) in [6.45, 7) is 4.13. The predicted octanol–water partition coefficient (Wildman–Crippen LogP) is 6.68. The molecule has 9 nitrogen and oxygen atoms in total. The van der Waals surface area contributed by atoms with E-state index in [-0.39, 0.29) is 18.1 Å². The van der Waals surface area contributed by atoms with Gasteiger partial charge in [0.15, 0.2) is 0 Å². The number of hydrogen-bond donors (Lipinski definition) is 4. The molecule has 0 radical (unpaired) electrons. The molecular weight excluding hydrogens is 528 g/mol. The van der Waals surface area contributed by atoms with E-state index < -0.39 is 12.1 Å². The van der Waals surface area contributed by atoms with Crippen LogP contribution in [0.25, 0.3) is 27.7 Å². The number of H-pyrrole nitrogens is 2. The van der Waals surface area contributed by atoms with Crippen molar-refractivity contribution in [3.63, 3.8) is 0 Å². The number of aromatic amines is 2. The Morgan fingerprint density at radius 3 is 2.67 bits per heavy atom. The van der Waals surface area contributed by atoms with E-state index in [2.05, 4.69) is 45.6 Å². The highest BCUT2D eigenvalue weighted by molar-refractivity contribution is 5.92. The Kier molecular flexibility index (Phi) is 7.65.